The maximum Gasteiger partial charge on any atom is 0.0110 e. The predicted octanol–water partition coefficient (Wildman–Crippen LogP) is 1.36. The summed E-state index contributed by atoms with van der Waals surface area (Å²) < 4.78 is 0. The Balaban J connectivity index is 1.64. The van der Waals surface area contributed by atoms with Crippen LogP contribution in [0.25, 0.3) is 0 Å². The first-order chi connectivity index (χ1) is 8.28. The lowest BCUT2D eigenvalue weighted by Gasteiger charge is -2.37. The lowest BCUT2D eigenvalue weighted by molar-refractivity contribution is 0.106. The molecule has 0 aromatic carbocycles. The quantitative estimate of drug-likeness (QED) is 0.733. The fourth-order valence-corrected chi connectivity index (χ4v) is 3.10. The summed E-state index contributed by atoms with van der Waals surface area (Å²) in [5.41, 5.74) is 0. The second kappa shape index (κ2) is 6.72. The molecule has 100 valence electrons. The van der Waals surface area contributed by atoms with Gasteiger partial charge in [-0.3, -0.25) is 0 Å². The minimum atomic E-state index is 0.964. The summed E-state index contributed by atoms with van der Waals surface area (Å²) in [7, 11) is 2.24. The summed E-state index contributed by atoms with van der Waals surface area (Å²) >= 11 is 0. The van der Waals surface area contributed by atoms with Gasteiger partial charge in [-0.15, -0.1) is 0 Å². The highest BCUT2D eigenvalue weighted by atomic mass is 15.2. The second-order valence-corrected chi connectivity index (χ2v) is 5.89. The Hall–Kier alpha value is -0.120. The molecule has 2 heterocycles. The molecule has 2 saturated heterocycles. The van der Waals surface area contributed by atoms with Gasteiger partial charge in [0, 0.05) is 32.7 Å². The highest BCUT2D eigenvalue weighted by molar-refractivity contribution is 4.77. The minimum absolute atomic E-state index is 0.964. The summed E-state index contributed by atoms with van der Waals surface area (Å²) in [6, 6.07) is 0. The first kappa shape index (κ1) is 13.3. The third kappa shape index (κ3) is 4.23. The van der Waals surface area contributed by atoms with Gasteiger partial charge in [-0.1, -0.05) is 6.92 Å². The van der Waals surface area contributed by atoms with Gasteiger partial charge in [0.2, 0.25) is 0 Å². The molecule has 0 aliphatic carbocycles. The van der Waals surface area contributed by atoms with E-state index in [0.717, 1.165) is 5.92 Å². The lowest BCUT2D eigenvalue weighted by Crippen LogP contribution is -2.47. The molecule has 2 aliphatic rings. The van der Waals surface area contributed by atoms with Crippen molar-refractivity contribution in [1.82, 2.24) is 14.7 Å². The van der Waals surface area contributed by atoms with E-state index < -0.39 is 0 Å². The Morgan fingerprint density at radius 2 is 1.53 bits per heavy atom. The van der Waals surface area contributed by atoms with E-state index in [4.69, 9.17) is 0 Å². The Kier molecular flexibility index (Phi) is 5.26. The Morgan fingerprint density at radius 1 is 0.882 bits per heavy atom. The number of likely N-dealkylation sites (N-methyl/N-ethyl adjacent to an activating group) is 1. The number of rotatable bonds is 4. The van der Waals surface area contributed by atoms with Crippen LogP contribution in [-0.2, 0) is 0 Å². The van der Waals surface area contributed by atoms with Crippen molar-refractivity contribution in [3.8, 4) is 0 Å². The van der Waals surface area contributed by atoms with Crippen molar-refractivity contribution >= 4 is 0 Å². The number of hydrogen-bond donors (Lipinski definition) is 0. The van der Waals surface area contributed by atoms with E-state index in [2.05, 4.69) is 28.7 Å². The first-order valence-corrected chi connectivity index (χ1v) is 7.41. The molecule has 2 fully saturated rings. The molecule has 0 spiro atoms. The summed E-state index contributed by atoms with van der Waals surface area (Å²) in [4.78, 5) is 7.76. The largest absolute Gasteiger partial charge is 0.304 e. The van der Waals surface area contributed by atoms with E-state index in [1.54, 1.807) is 0 Å². The number of likely N-dealkylation sites (tertiary alicyclic amines) is 1. The summed E-state index contributed by atoms with van der Waals surface area (Å²) in [6.07, 6.45) is 4.15. The summed E-state index contributed by atoms with van der Waals surface area (Å²) in [5, 5.41) is 0. The Bertz CT molecular complexity index is 204. The molecule has 0 radical (unpaired) electrons. The van der Waals surface area contributed by atoms with Gasteiger partial charge in [0.25, 0.3) is 0 Å². The molecule has 0 amide bonds. The molecule has 3 nitrogen and oxygen atoms in total. The van der Waals surface area contributed by atoms with Crippen LogP contribution in [0.15, 0.2) is 0 Å². The van der Waals surface area contributed by atoms with Gasteiger partial charge in [0.15, 0.2) is 0 Å². The van der Waals surface area contributed by atoms with Crippen LogP contribution in [0.5, 0.6) is 0 Å². The van der Waals surface area contributed by atoms with Crippen molar-refractivity contribution in [2.45, 2.75) is 26.2 Å². The van der Waals surface area contributed by atoms with Crippen molar-refractivity contribution in [3.63, 3.8) is 0 Å². The van der Waals surface area contributed by atoms with Crippen LogP contribution >= 0.6 is 0 Å². The topological polar surface area (TPSA) is 9.72 Å². The molecular weight excluding hydrogens is 210 g/mol. The van der Waals surface area contributed by atoms with Gasteiger partial charge in [0.1, 0.15) is 0 Å². The van der Waals surface area contributed by atoms with Gasteiger partial charge in [0.05, 0.1) is 0 Å². The standard InChI is InChI=1S/C14H29N3/c1-3-6-16-7-4-14(5-8-16)13-17-11-9-15(2)10-12-17/h14H,3-13H2,1-2H3. The van der Waals surface area contributed by atoms with E-state index in [1.165, 1.54) is 71.6 Å². The van der Waals surface area contributed by atoms with Crippen LogP contribution in [0.4, 0.5) is 0 Å². The van der Waals surface area contributed by atoms with Gasteiger partial charge in [-0.2, -0.15) is 0 Å². The van der Waals surface area contributed by atoms with E-state index in [-0.39, 0.29) is 0 Å². The number of piperazine rings is 1. The molecule has 0 N–H and O–H groups in total. The Morgan fingerprint density at radius 3 is 2.12 bits per heavy atom. The molecule has 17 heavy (non-hydrogen) atoms. The zero-order valence-corrected chi connectivity index (χ0v) is 11.7. The van der Waals surface area contributed by atoms with Crippen LogP contribution in [-0.4, -0.2) is 74.1 Å². The third-order valence-electron chi connectivity index (χ3n) is 4.36. The lowest BCUT2D eigenvalue weighted by atomic mass is 9.96. The fraction of sp³-hybridized carbons (Fsp3) is 1.00. The van der Waals surface area contributed by atoms with E-state index >= 15 is 0 Å². The average molecular weight is 239 g/mol. The molecule has 0 bridgehead atoms. The van der Waals surface area contributed by atoms with Crippen LogP contribution in [0, 0.1) is 5.92 Å². The highest BCUT2D eigenvalue weighted by Gasteiger charge is 2.22. The monoisotopic (exact) mass is 239 g/mol. The number of hydrogen-bond acceptors (Lipinski definition) is 3. The molecule has 2 aliphatic heterocycles. The van der Waals surface area contributed by atoms with Crippen LogP contribution < -0.4 is 0 Å². The van der Waals surface area contributed by atoms with Crippen LogP contribution in [0.3, 0.4) is 0 Å². The molecule has 2 rings (SSSR count). The van der Waals surface area contributed by atoms with Gasteiger partial charge < -0.3 is 14.7 Å². The van der Waals surface area contributed by atoms with Gasteiger partial charge in [-0.25, -0.2) is 0 Å². The molecule has 0 atom stereocenters. The third-order valence-corrected chi connectivity index (χ3v) is 4.36. The minimum Gasteiger partial charge on any atom is -0.304 e. The SMILES string of the molecule is CCCN1CCC(CN2CCN(C)CC2)CC1. The normalized spacial score (nSPS) is 26.5. The van der Waals surface area contributed by atoms with E-state index in [0.29, 0.717) is 0 Å². The van der Waals surface area contributed by atoms with E-state index in [1.807, 2.05) is 0 Å². The molecular formula is C14H29N3. The molecule has 0 unspecified atom stereocenters. The van der Waals surface area contributed by atoms with Crippen molar-refractivity contribution in [2.75, 3.05) is 59.4 Å². The van der Waals surface area contributed by atoms with Crippen LogP contribution in [0.2, 0.25) is 0 Å². The van der Waals surface area contributed by atoms with Crippen LogP contribution in [0.1, 0.15) is 26.2 Å². The van der Waals surface area contributed by atoms with Crippen molar-refractivity contribution in [3.05, 3.63) is 0 Å². The highest BCUT2D eigenvalue weighted by Crippen LogP contribution is 2.19. The van der Waals surface area contributed by atoms with Crippen molar-refractivity contribution in [1.29, 1.82) is 0 Å². The van der Waals surface area contributed by atoms with E-state index in [9.17, 15) is 0 Å². The maximum absolute atomic E-state index is 2.68. The maximum atomic E-state index is 2.68. The number of piperidine rings is 1. The smallest absolute Gasteiger partial charge is 0.0110 e. The zero-order chi connectivity index (χ0) is 12.1. The molecule has 0 saturated carbocycles. The Labute approximate surface area is 107 Å². The van der Waals surface area contributed by atoms with Gasteiger partial charge >= 0.3 is 0 Å². The second-order valence-electron chi connectivity index (χ2n) is 5.89. The first-order valence-electron chi connectivity index (χ1n) is 7.41. The van der Waals surface area contributed by atoms with Gasteiger partial charge in [-0.05, 0) is 51.9 Å². The fourth-order valence-electron chi connectivity index (χ4n) is 3.10. The number of nitrogens with zero attached hydrogens (tertiary/aromatic N) is 3. The molecule has 3 heteroatoms. The van der Waals surface area contributed by atoms with Crippen molar-refractivity contribution in [2.24, 2.45) is 5.92 Å². The average Bonchev–Trinajstić information content (AvgIpc) is 2.35. The predicted molar refractivity (Wildman–Crippen MR) is 73.4 cm³/mol. The molecule has 0 aromatic heterocycles. The molecule has 0 aromatic rings. The zero-order valence-electron chi connectivity index (χ0n) is 11.7. The summed E-state index contributed by atoms with van der Waals surface area (Å²) in [5.74, 6) is 0.964. The summed E-state index contributed by atoms with van der Waals surface area (Å²) in [6.45, 7) is 12.7. The van der Waals surface area contributed by atoms with Crippen molar-refractivity contribution < 1.29 is 0 Å².